The number of aromatic hydroxyl groups is 1. The van der Waals surface area contributed by atoms with E-state index < -0.39 is 17.9 Å². The van der Waals surface area contributed by atoms with E-state index >= 15 is 0 Å². The van der Waals surface area contributed by atoms with Crippen LogP contribution in [0.15, 0.2) is 60.9 Å². The van der Waals surface area contributed by atoms with E-state index in [9.17, 15) is 19.8 Å². The normalized spacial score (nSPS) is 12.0. The summed E-state index contributed by atoms with van der Waals surface area (Å²) in [7, 11) is 0. The molecule has 3 heterocycles. The standard InChI is InChI=1S/C23H18N6O4S/c30-19-15(8-7-12-4-3-9-24-18(12)19)20(31)27-23-29-28-22(34-23)26-17(21(32)33)10-13-11-25-16-6-2-1-5-14(13)16/h1-9,11,17,25,30H,10H2,(H,26,28)(H,32,33)(H,27,29,31)/t17-/m0/s1. The highest BCUT2D eigenvalue weighted by Crippen LogP contribution is 2.29. The number of aliphatic carboxylic acids is 1. The number of benzene rings is 2. The molecule has 3 aromatic heterocycles. The molecule has 11 heteroatoms. The molecule has 0 saturated heterocycles. The number of pyridine rings is 1. The van der Waals surface area contributed by atoms with Gasteiger partial charge in [-0.3, -0.25) is 15.1 Å². The first kappa shape index (κ1) is 21.3. The van der Waals surface area contributed by atoms with Gasteiger partial charge < -0.3 is 20.5 Å². The van der Waals surface area contributed by atoms with Crippen molar-refractivity contribution in [3.05, 3.63) is 72.1 Å². The lowest BCUT2D eigenvalue weighted by Crippen LogP contribution is -2.31. The summed E-state index contributed by atoms with van der Waals surface area (Å²) in [6.07, 6.45) is 3.54. The van der Waals surface area contributed by atoms with Crippen molar-refractivity contribution in [1.82, 2.24) is 20.2 Å². The van der Waals surface area contributed by atoms with Crippen LogP contribution in [0.1, 0.15) is 15.9 Å². The van der Waals surface area contributed by atoms with E-state index in [1.165, 1.54) is 12.3 Å². The third-order valence-corrected chi connectivity index (χ3v) is 6.10. The summed E-state index contributed by atoms with van der Waals surface area (Å²) in [5.74, 6) is -1.86. The van der Waals surface area contributed by atoms with Gasteiger partial charge in [0, 0.05) is 35.1 Å². The van der Waals surface area contributed by atoms with Gasteiger partial charge in [0.15, 0.2) is 5.75 Å². The highest BCUT2D eigenvalue weighted by atomic mass is 32.1. The lowest BCUT2D eigenvalue weighted by molar-refractivity contribution is -0.137. The lowest BCUT2D eigenvalue weighted by Gasteiger charge is -2.12. The summed E-state index contributed by atoms with van der Waals surface area (Å²) in [6.45, 7) is 0. The number of carbonyl (C=O) groups is 2. The first-order chi connectivity index (χ1) is 16.5. The van der Waals surface area contributed by atoms with E-state index in [4.69, 9.17) is 0 Å². The van der Waals surface area contributed by atoms with Gasteiger partial charge in [-0.25, -0.2) is 4.79 Å². The summed E-state index contributed by atoms with van der Waals surface area (Å²) in [5.41, 5.74) is 2.14. The molecule has 0 unspecified atom stereocenters. The molecule has 5 rings (SSSR count). The minimum atomic E-state index is -1.04. The number of hydrogen-bond acceptors (Lipinski definition) is 8. The molecule has 0 aliphatic carbocycles. The largest absolute Gasteiger partial charge is 0.505 e. The van der Waals surface area contributed by atoms with Crippen LogP contribution in [-0.4, -0.2) is 48.3 Å². The minimum absolute atomic E-state index is 0.0404. The van der Waals surface area contributed by atoms with Crippen LogP contribution in [0.3, 0.4) is 0 Å². The predicted octanol–water partition coefficient (Wildman–Crippen LogP) is 3.63. The zero-order chi connectivity index (χ0) is 23.7. The van der Waals surface area contributed by atoms with Gasteiger partial charge >= 0.3 is 5.97 Å². The number of para-hydroxylation sites is 1. The van der Waals surface area contributed by atoms with Gasteiger partial charge in [0.05, 0.1) is 5.56 Å². The van der Waals surface area contributed by atoms with Crippen molar-refractivity contribution in [3.63, 3.8) is 0 Å². The Kier molecular flexibility index (Phi) is 5.52. The van der Waals surface area contributed by atoms with E-state index in [0.717, 1.165) is 27.8 Å². The zero-order valence-electron chi connectivity index (χ0n) is 17.5. The number of fused-ring (bicyclic) bond motifs is 2. The van der Waals surface area contributed by atoms with Crippen molar-refractivity contribution in [2.45, 2.75) is 12.5 Å². The van der Waals surface area contributed by atoms with Crippen LogP contribution in [0, 0.1) is 0 Å². The molecule has 0 bridgehead atoms. The van der Waals surface area contributed by atoms with Gasteiger partial charge in [0.1, 0.15) is 11.6 Å². The fourth-order valence-electron chi connectivity index (χ4n) is 3.68. The molecule has 1 atom stereocenters. The summed E-state index contributed by atoms with van der Waals surface area (Å²) >= 11 is 0.994. The Morgan fingerprint density at radius 3 is 2.74 bits per heavy atom. The third-order valence-electron chi connectivity index (χ3n) is 5.33. The number of hydrogen-bond donors (Lipinski definition) is 5. The number of nitrogens with one attached hydrogen (secondary N) is 3. The van der Waals surface area contributed by atoms with Crippen molar-refractivity contribution in [1.29, 1.82) is 0 Å². The number of carboxylic acids is 1. The Morgan fingerprint density at radius 1 is 1.06 bits per heavy atom. The van der Waals surface area contributed by atoms with Gasteiger partial charge in [-0.2, -0.15) is 0 Å². The maximum absolute atomic E-state index is 12.7. The van der Waals surface area contributed by atoms with Crippen molar-refractivity contribution in [2.75, 3.05) is 10.6 Å². The van der Waals surface area contributed by atoms with Crippen LogP contribution < -0.4 is 10.6 Å². The average Bonchev–Trinajstić information content (AvgIpc) is 3.45. The molecule has 5 N–H and O–H groups in total. The highest BCUT2D eigenvalue weighted by molar-refractivity contribution is 7.19. The van der Waals surface area contributed by atoms with Gasteiger partial charge in [-0.05, 0) is 23.8 Å². The summed E-state index contributed by atoms with van der Waals surface area (Å²) in [6, 6.07) is 13.4. The topological polar surface area (TPSA) is 153 Å². The zero-order valence-corrected chi connectivity index (χ0v) is 18.3. The third kappa shape index (κ3) is 4.11. The molecule has 2 aromatic carbocycles. The van der Waals surface area contributed by atoms with E-state index in [2.05, 4.69) is 30.8 Å². The van der Waals surface area contributed by atoms with Crippen LogP contribution in [0.5, 0.6) is 5.75 Å². The molecule has 0 spiro atoms. The first-order valence-corrected chi connectivity index (χ1v) is 11.1. The van der Waals surface area contributed by atoms with Crippen molar-refractivity contribution in [2.24, 2.45) is 0 Å². The predicted molar refractivity (Wildman–Crippen MR) is 128 cm³/mol. The quantitative estimate of drug-likeness (QED) is 0.240. The molecule has 0 fully saturated rings. The van der Waals surface area contributed by atoms with Gasteiger partial charge in [0.25, 0.3) is 5.91 Å². The van der Waals surface area contributed by atoms with E-state index in [1.807, 2.05) is 24.3 Å². The number of H-pyrrole nitrogens is 1. The van der Waals surface area contributed by atoms with Crippen molar-refractivity contribution < 1.29 is 19.8 Å². The molecule has 5 aromatic rings. The number of aromatic amines is 1. The highest BCUT2D eigenvalue weighted by Gasteiger charge is 2.22. The second-order valence-corrected chi connectivity index (χ2v) is 8.48. The number of amides is 1. The van der Waals surface area contributed by atoms with Crippen LogP contribution in [0.25, 0.3) is 21.8 Å². The second-order valence-electron chi connectivity index (χ2n) is 7.50. The van der Waals surface area contributed by atoms with Crippen molar-refractivity contribution >= 4 is 55.3 Å². The van der Waals surface area contributed by atoms with Gasteiger partial charge in [-0.15, -0.1) is 10.2 Å². The molecule has 0 saturated carbocycles. The van der Waals surface area contributed by atoms with Crippen LogP contribution in [0.4, 0.5) is 10.3 Å². The Bertz CT molecular complexity index is 1530. The number of nitrogens with zero attached hydrogens (tertiary/aromatic N) is 3. The Balaban J connectivity index is 1.30. The van der Waals surface area contributed by atoms with E-state index in [-0.39, 0.29) is 28.0 Å². The maximum Gasteiger partial charge on any atom is 0.326 e. The number of aromatic nitrogens is 4. The van der Waals surface area contributed by atoms with E-state index in [0.29, 0.717) is 10.9 Å². The molecule has 34 heavy (non-hydrogen) atoms. The van der Waals surface area contributed by atoms with Crippen LogP contribution in [-0.2, 0) is 11.2 Å². The van der Waals surface area contributed by atoms with Crippen LogP contribution in [0.2, 0.25) is 0 Å². The fourth-order valence-corrected chi connectivity index (χ4v) is 4.37. The number of carboxylic acid groups (broad SMARTS) is 1. The first-order valence-electron chi connectivity index (χ1n) is 10.3. The molecule has 170 valence electrons. The molecule has 1 amide bonds. The number of rotatable bonds is 7. The monoisotopic (exact) mass is 474 g/mol. The SMILES string of the molecule is O=C(Nc1nnc(N[C@@H](Cc2c[nH]c3ccccc23)C(=O)O)s1)c1ccc2cccnc2c1O. The second kappa shape index (κ2) is 8.79. The fraction of sp³-hybridized carbons (Fsp3) is 0.0870. The molecule has 0 aliphatic rings. The smallest absolute Gasteiger partial charge is 0.326 e. The number of carbonyl (C=O) groups excluding carboxylic acids is 1. The molecular weight excluding hydrogens is 456 g/mol. The number of phenolic OH excluding ortho intramolecular Hbond substituents is 1. The maximum atomic E-state index is 12.7. The molecular formula is C23H18N6O4S. The summed E-state index contributed by atoms with van der Waals surface area (Å²) in [4.78, 5) is 31.8. The Labute approximate surface area is 196 Å². The number of anilines is 2. The lowest BCUT2D eigenvalue weighted by atomic mass is 10.1. The van der Waals surface area contributed by atoms with Crippen molar-refractivity contribution in [3.8, 4) is 5.75 Å². The van der Waals surface area contributed by atoms with Gasteiger partial charge in [-0.1, -0.05) is 41.7 Å². The van der Waals surface area contributed by atoms with Crippen LogP contribution >= 0.6 is 11.3 Å². The average molecular weight is 475 g/mol. The molecule has 0 aliphatic heterocycles. The molecule has 10 nitrogen and oxygen atoms in total. The number of phenols is 1. The Morgan fingerprint density at radius 2 is 1.88 bits per heavy atom. The Hall–Kier alpha value is -4.51. The van der Waals surface area contributed by atoms with E-state index in [1.54, 1.807) is 24.4 Å². The summed E-state index contributed by atoms with van der Waals surface area (Å²) in [5, 5.41) is 35.5. The molecule has 0 radical (unpaired) electrons. The van der Waals surface area contributed by atoms with Gasteiger partial charge in [0.2, 0.25) is 10.3 Å². The summed E-state index contributed by atoms with van der Waals surface area (Å²) < 4.78 is 0. The minimum Gasteiger partial charge on any atom is -0.505 e.